The highest BCUT2D eigenvalue weighted by atomic mass is 16.5. The highest BCUT2D eigenvalue weighted by Gasteiger charge is 2.06. The van der Waals surface area contributed by atoms with Crippen LogP contribution >= 0.6 is 0 Å². The summed E-state index contributed by atoms with van der Waals surface area (Å²) in [6, 6.07) is 6.26. The number of ether oxygens (including phenoxy) is 1. The number of aryl methyl sites for hydroxylation is 2. The van der Waals surface area contributed by atoms with Gasteiger partial charge in [-0.2, -0.15) is 0 Å². The maximum Gasteiger partial charge on any atom is 0.134 e. The quantitative estimate of drug-likeness (QED) is 0.850. The topological polar surface area (TPSA) is 52.0 Å². The van der Waals surface area contributed by atoms with Crippen molar-refractivity contribution in [1.29, 1.82) is 0 Å². The van der Waals surface area contributed by atoms with Crippen LogP contribution < -0.4 is 10.1 Å². The van der Waals surface area contributed by atoms with Crippen molar-refractivity contribution >= 4 is 0 Å². The minimum atomic E-state index is 0.439. The van der Waals surface area contributed by atoms with Crippen molar-refractivity contribution in [1.82, 2.24) is 20.3 Å². The smallest absolute Gasteiger partial charge is 0.134 e. The van der Waals surface area contributed by atoms with Crippen LogP contribution in [0.2, 0.25) is 0 Å². The molecule has 0 atom stereocenters. The number of rotatable bonds is 7. The van der Waals surface area contributed by atoms with Gasteiger partial charge in [-0.3, -0.25) is 4.68 Å². The molecular weight excluding hydrogens is 264 g/mol. The Morgan fingerprint density at radius 2 is 2.14 bits per heavy atom. The first-order chi connectivity index (χ1) is 10.0. The van der Waals surface area contributed by atoms with Gasteiger partial charge in [-0.1, -0.05) is 36.8 Å². The predicted molar refractivity (Wildman–Crippen MR) is 83.1 cm³/mol. The first-order valence-corrected chi connectivity index (χ1v) is 7.33. The van der Waals surface area contributed by atoms with Crippen LogP contribution in [-0.4, -0.2) is 21.5 Å². The zero-order chi connectivity index (χ0) is 15.2. The lowest BCUT2D eigenvalue weighted by Crippen LogP contribution is -2.19. The number of hydrogen-bond acceptors (Lipinski definition) is 4. The molecule has 1 heterocycles. The molecule has 2 aromatic rings. The molecule has 1 N–H and O–H groups in total. The van der Waals surface area contributed by atoms with E-state index in [0.717, 1.165) is 24.5 Å². The van der Waals surface area contributed by atoms with Crippen molar-refractivity contribution in [2.24, 2.45) is 13.0 Å². The number of benzene rings is 1. The third-order valence-electron chi connectivity index (χ3n) is 3.11. The number of nitrogens with zero attached hydrogens (tertiary/aromatic N) is 3. The molecule has 1 aromatic carbocycles. The minimum Gasteiger partial charge on any atom is -0.487 e. The molecule has 0 aliphatic rings. The Morgan fingerprint density at radius 1 is 1.33 bits per heavy atom. The van der Waals surface area contributed by atoms with Crippen molar-refractivity contribution in [3.05, 3.63) is 41.2 Å². The first-order valence-electron chi connectivity index (χ1n) is 7.33. The van der Waals surface area contributed by atoms with Crippen molar-refractivity contribution in [3.8, 4) is 5.75 Å². The van der Waals surface area contributed by atoms with Crippen molar-refractivity contribution < 1.29 is 4.74 Å². The summed E-state index contributed by atoms with van der Waals surface area (Å²) >= 11 is 0. The van der Waals surface area contributed by atoms with Gasteiger partial charge in [0.2, 0.25) is 0 Å². The van der Waals surface area contributed by atoms with Gasteiger partial charge >= 0.3 is 0 Å². The molecule has 0 radical (unpaired) electrons. The minimum absolute atomic E-state index is 0.439. The van der Waals surface area contributed by atoms with Gasteiger partial charge in [-0.05, 0) is 25.5 Å². The first kappa shape index (κ1) is 15.5. The van der Waals surface area contributed by atoms with Crippen molar-refractivity contribution in [2.75, 3.05) is 6.54 Å². The lowest BCUT2D eigenvalue weighted by atomic mass is 10.1. The summed E-state index contributed by atoms with van der Waals surface area (Å²) < 4.78 is 7.57. The Bertz CT molecular complexity index is 577. The molecule has 0 bridgehead atoms. The molecule has 1 aromatic heterocycles. The van der Waals surface area contributed by atoms with Crippen LogP contribution in [0.4, 0.5) is 0 Å². The van der Waals surface area contributed by atoms with Gasteiger partial charge in [-0.15, -0.1) is 5.10 Å². The Balaban J connectivity index is 2.00. The van der Waals surface area contributed by atoms with Gasteiger partial charge in [0.05, 0.1) is 6.20 Å². The van der Waals surface area contributed by atoms with E-state index >= 15 is 0 Å². The number of hydrogen-bond donors (Lipinski definition) is 1. The average molecular weight is 288 g/mol. The van der Waals surface area contributed by atoms with Crippen LogP contribution in [-0.2, 0) is 20.2 Å². The van der Waals surface area contributed by atoms with Gasteiger partial charge in [0.1, 0.15) is 18.1 Å². The molecule has 2 rings (SSSR count). The Labute approximate surface area is 126 Å². The van der Waals surface area contributed by atoms with Gasteiger partial charge < -0.3 is 10.1 Å². The van der Waals surface area contributed by atoms with Crippen molar-refractivity contribution in [3.63, 3.8) is 0 Å². The largest absolute Gasteiger partial charge is 0.487 e. The van der Waals surface area contributed by atoms with E-state index in [0.29, 0.717) is 12.5 Å². The fourth-order valence-electron chi connectivity index (χ4n) is 2.10. The molecule has 0 aliphatic heterocycles. The lowest BCUT2D eigenvalue weighted by molar-refractivity contribution is 0.297. The van der Waals surface area contributed by atoms with Gasteiger partial charge in [0.15, 0.2) is 0 Å². The molecule has 0 unspecified atom stereocenters. The standard InChI is InChI=1S/C16H24N4O/c1-12(2)8-17-9-14-7-13(3)5-6-16(14)21-11-15-10-20(4)19-18-15/h5-7,10,12,17H,8-9,11H2,1-4H3. The molecule has 114 valence electrons. The maximum atomic E-state index is 5.89. The molecule has 0 saturated heterocycles. The Morgan fingerprint density at radius 3 is 2.81 bits per heavy atom. The molecule has 5 heteroatoms. The van der Waals surface area contributed by atoms with E-state index in [1.54, 1.807) is 4.68 Å². The highest BCUT2D eigenvalue weighted by molar-refractivity contribution is 5.36. The lowest BCUT2D eigenvalue weighted by Gasteiger charge is -2.13. The second-order valence-corrected chi connectivity index (χ2v) is 5.81. The van der Waals surface area contributed by atoms with E-state index in [2.05, 4.69) is 48.5 Å². The van der Waals surface area contributed by atoms with Crippen LogP contribution in [0.5, 0.6) is 5.75 Å². The van der Waals surface area contributed by atoms with Gasteiger partial charge in [-0.25, -0.2) is 0 Å². The molecular formula is C16H24N4O. The molecule has 0 spiro atoms. The van der Waals surface area contributed by atoms with E-state index in [1.165, 1.54) is 11.1 Å². The van der Waals surface area contributed by atoms with Crippen LogP contribution in [0.3, 0.4) is 0 Å². The second-order valence-electron chi connectivity index (χ2n) is 5.81. The monoisotopic (exact) mass is 288 g/mol. The Hall–Kier alpha value is -1.88. The van der Waals surface area contributed by atoms with Crippen LogP contribution in [0.25, 0.3) is 0 Å². The van der Waals surface area contributed by atoms with E-state index in [1.807, 2.05) is 19.3 Å². The number of aromatic nitrogens is 3. The van der Waals surface area contributed by atoms with Crippen LogP contribution in [0, 0.1) is 12.8 Å². The molecule has 21 heavy (non-hydrogen) atoms. The number of nitrogens with one attached hydrogen (secondary N) is 1. The fraction of sp³-hybridized carbons (Fsp3) is 0.500. The van der Waals surface area contributed by atoms with E-state index in [4.69, 9.17) is 4.74 Å². The second kappa shape index (κ2) is 7.22. The molecule has 0 saturated carbocycles. The van der Waals surface area contributed by atoms with Crippen molar-refractivity contribution in [2.45, 2.75) is 33.9 Å². The molecule has 0 aliphatic carbocycles. The zero-order valence-electron chi connectivity index (χ0n) is 13.3. The summed E-state index contributed by atoms with van der Waals surface area (Å²) in [5.74, 6) is 1.54. The third-order valence-corrected chi connectivity index (χ3v) is 3.11. The predicted octanol–water partition coefficient (Wildman–Crippen LogP) is 2.45. The van der Waals surface area contributed by atoms with E-state index in [-0.39, 0.29) is 0 Å². The zero-order valence-corrected chi connectivity index (χ0v) is 13.3. The summed E-state index contributed by atoms with van der Waals surface area (Å²) in [5, 5.41) is 11.4. The summed E-state index contributed by atoms with van der Waals surface area (Å²) in [6.07, 6.45) is 1.87. The Kier molecular flexibility index (Phi) is 5.33. The van der Waals surface area contributed by atoms with E-state index in [9.17, 15) is 0 Å². The summed E-state index contributed by atoms with van der Waals surface area (Å²) in [7, 11) is 1.85. The molecule has 0 fully saturated rings. The molecule has 5 nitrogen and oxygen atoms in total. The van der Waals surface area contributed by atoms with Crippen LogP contribution in [0.1, 0.15) is 30.7 Å². The fourth-order valence-corrected chi connectivity index (χ4v) is 2.10. The summed E-state index contributed by atoms with van der Waals surface area (Å²) in [5.41, 5.74) is 3.25. The van der Waals surface area contributed by atoms with Gasteiger partial charge in [0.25, 0.3) is 0 Å². The van der Waals surface area contributed by atoms with E-state index < -0.39 is 0 Å². The molecule has 0 amide bonds. The normalized spacial score (nSPS) is 11.1. The highest BCUT2D eigenvalue weighted by Crippen LogP contribution is 2.21. The summed E-state index contributed by atoms with van der Waals surface area (Å²) in [6.45, 7) is 8.75. The SMILES string of the molecule is Cc1ccc(OCc2cn(C)nn2)c(CNCC(C)C)c1. The average Bonchev–Trinajstić information content (AvgIpc) is 2.83. The van der Waals surface area contributed by atoms with Crippen LogP contribution in [0.15, 0.2) is 24.4 Å². The van der Waals surface area contributed by atoms with Gasteiger partial charge in [0, 0.05) is 19.2 Å². The third kappa shape index (κ3) is 4.86. The maximum absolute atomic E-state index is 5.89. The summed E-state index contributed by atoms with van der Waals surface area (Å²) in [4.78, 5) is 0.